The van der Waals surface area contributed by atoms with Crippen molar-refractivity contribution in [3.8, 4) is 6.07 Å². The molecule has 1 aliphatic heterocycles. The Morgan fingerprint density at radius 3 is 2.37 bits per heavy atom. The lowest BCUT2D eigenvalue weighted by molar-refractivity contribution is -0.0440. The Morgan fingerprint density at radius 2 is 1.85 bits per heavy atom. The topological polar surface area (TPSA) is 131 Å². The second-order valence-electron chi connectivity index (χ2n) is 6.38. The van der Waals surface area contributed by atoms with Crippen molar-refractivity contribution in [3.63, 3.8) is 0 Å². The van der Waals surface area contributed by atoms with Gasteiger partial charge in [-0.1, -0.05) is 0 Å². The molecule has 0 radical (unpaired) electrons. The fraction of sp³-hybridized carbons (Fsp3) is 0.353. The maximum atomic E-state index is 12.8. The highest BCUT2D eigenvalue weighted by molar-refractivity contribution is 7.89. The van der Waals surface area contributed by atoms with Crippen LogP contribution in [0.15, 0.2) is 35.4 Å². The second kappa shape index (κ2) is 7.11. The number of nitrogens with zero attached hydrogens (tertiary/aromatic N) is 4. The minimum absolute atomic E-state index is 0.0597. The molecule has 0 spiro atoms. The van der Waals surface area contributed by atoms with E-state index in [-0.39, 0.29) is 47.1 Å². The van der Waals surface area contributed by atoms with Gasteiger partial charge in [0.25, 0.3) is 5.91 Å². The number of morpholine rings is 1. The van der Waals surface area contributed by atoms with E-state index in [1.165, 1.54) is 34.8 Å². The van der Waals surface area contributed by atoms with Crippen molar-refractivity contribution in [1.29, 1.82) is 5.26 Å². The SMILES string of the molecule is CC1CN(S(=O)(=O)c2ccc(C(=O)n3ncc(C#N)c3N)cc2)CC(C)O1. The van der Waals surface area contributed by atoms with Gasteiger partial charge < -0.3 is 10.5 Å². The number of nitrogens with two attached hydrogens (primary N) is 1. The third-order valence-electron chi connectivity index (χ3n) is 4.24. The summed E-state index contributed by atoms with van der Waals surface area (Å²) in [7, 11) is -3.69. The van der Waals surface area contributed by atoms with E-state index in [4.69, 9.17) is 15.7 Å². The van der Waals surface area contributed by atoms with E-state index in [1.807, 2.05) is 19.9 Å². The van der Waals surface area contributed by atoms with Gasteiger partial charge in [-0.05, 0) is 38.1 Å². The van der Waals surface area contributed by atoms with Crippen LogP contribution in [0.5, 0.6) is 0 Å². The van der Waals surface area contributed by atoms with Crippen molar-refractivity contribution in [1.82, 2.24) is 14.1 Å². The highest BCUT2D eigenvalue weighted by atomic mass is 32.2. The van der Waals surface area contributed by atoms with Crippen molar-refractivity contribution in [2.24, 2.45) is 0 Å². The van der Waals surface area contributed by atoms with Gasteiger partial charge >= 0.3 is 0 Å². The summed E-state index contributed by atoms with van der Waals surface area (Å²) in [5.41, 5.74) is 6.02. The summed E-state index contributed by atoms with van der Waals surface area (Å²) in [6.45, 7) is 4.19. The smallest absolute Gasteiger partial charge is 0.280 e. The molecule has 10 heteroatoms. The number of sulfonamides is 1. The lowest BCUT2D eigenvalue weighted by atomic mass is 10.2. The van der Waals surface area contributed by atoms with Crippen LogP contribution in [-0.2, 0) is 14.8 Å². The fourth-order valence-electron chi connectivity index (χ4n) is 2.97. The molecule has 9 nitrogen and oxygen atoms in total. The van der Waals surface area contributed by atoms with Crippen LogP contribution in [0.3, 0.4) is 0 Å². The molecule has 0 aliphatic carbocycles. The van der Waals surface area contributed by atoms with E-state index >= 15 is 0 Å². The van der Waals surface area contributed by atoms with Gasteiger partial charge in [-0.2, -0.15) is 19.3 Å². The molecule has 1 fully saturated rings. The molecule has 142 valence electrons. The zero-order chi connectivity index (χ0) is 19.8. The highest BCUT2D eigenvalue weighted by Gasteiger charge is 2.32. The minimum Gasteiger partial charge on any atom is -0.382 e. The molecule has 2 N–H and O–H groups in total. The minimum atomic E-state index is -3.69. The third-order valence-corrected chi connectivity index (χ3v) is 6.09. The molecule has 2 atom stereocenters. The summed E-state index contributed by atoms with van der Waals surface area (Å²) in [4.78, 5) is 12.6. The summed E-state index contributed by atoms with van der Waals surface area (Å²) >= 11 is 0. The number of nitrogen functional groups attached to an aromatic ring is 1. The summed E-state index contributed by atoms with van der Waals surface area (Å²) < 4.78 is 33.5. The van der Waals surface area contributed by atoms with E-state index in [0.29, 0.717) is 0 Å². The van der Waals surface area contributed by atoms with Crippen LogP contribution in [-0.4, -0.2) is 53.7 Å². The summed E-state index contributed by atoms with van der Waals surface area (Å²) in [6.07, 6.45) is 0.815. The Hall–Kier alpha value is -2.74. The average Bonchev–Trinajstić information content (AvgIpc) is 3.01. The molecule has 2 aromatic rings. The molecule has 0 bridgehead atoms. The van der Waals surface area contributed by atoms with Gasteiger partial charge in [0.05, 0.1) is 23.3 Å². The van der Waals surface area contributed by atoms with E-state index in [2.05, 4.69) is 5.10 Å². The van der Waals surface area contributed by atoms with Crippen molar-refractivity contribution in [3.05, 3.63) is 41.6 Å². The van der Waals surface area contributed by atoms with Gasteiger partial charge in [0, 0.05) is 18.7 Å². The van der Waals surface area contributed by atoms with E-state index in [0.717, 1.165) is 4.68 Å². The quantitative estimate of drug-likeness (QED) is 0.822. The molecular weight excluding hydrogens is 370 g/mol. The van der Waals surface area contributed by atoms with Gasteiger partial charge in [-0.25, -0.2) is 8.42 Å². The number of ether oxygens (including phenoxy) is 1. The number of anilines is 1. The first-order chi connectivity index (χ1) is 12.7. The van der Waals surface area contributed by atoms with Gasteiger partial charge in [-0.3, -0.25) is 4.79 Å². The van der Waals surface area contributed by atoms with Gasteiger partial charge in [0.1, 0.15) is 17.5 Å². The Labute approximate surface area is 157 Å². The maximum Gasteiger partial charge on any atom is 0.280 e. The second-order valence-corrected chi connectivity index (χ2v) is 8.31. The Bertz CT molecular complexity index is 997. The Kier molecular flexibility index (Phi) is 5.01. The fourth-order valence-corrected chi connectivity index (χ4v) is 4.56. The third kappa shape index (κ3) is 3.57. The van der Waals surface area contributed by atoms with E-state index in [9.17, 15) is 13.2 Å². The highest BCUT2D eigenvalue weighted by Crippen LogP contribution is 2.22. The van der Waals surface area contributed by atoms with Crippen molar-refractivity contribution in [2.45, 2.75) is 31.0 Å². The Morgan fingerprint density at radius 1 is 1.26 bits per heavy atom. The number of carbonyl (C=O) groups is 1. The van der Waals surface area contributed by atoms with E-state index in [1.54, 1.807) is 0 Å². The number of rotatable bonds is 3. The number of hydrogen-bond acceptors (Lipinski definition) is 7. The lowest BCUT2D eigenvalue weighted by Crippen LogP contribution is -2.48. The molecule has 3 rings (SSSR count). The standard InChI is InChI=1S/C17H19N5O4S/c1-11-9-21(10-12(2)26-11)27(24,25)15-5-3-13(4-6-15)17(23)22-16(19)14(7-18)8-20-22/h3-6,8,11-12H,9-10,19H2,1-2H3. The molecule has 0 amide bonds. The van der Waals surface area contributed by atoms with Gasteiger partial charge in [-0.15, -0.1) is 0 Å². The first kappa shape index (κ1) is 19.0. The number of benzene rings is 1. The van der Waals surface area contributed by atoms with Crippen LogP contribution in [0.1, 0.15) is 29.8 Å². The first-order valence-electron chi connectivity index (χ1n) is 8.28. The van der Waals surface area contributed by atoms with Crippen LogP contribution < -0.4 is 5.73 Å². The Balaban J connectivity index is 1.85. The van der Waals surface area contributed by atoms with Crippen molar-refractivity contribution in [2.75, 3.05) is 18.8 Å². The lowest BCUT2D eigenvalue weighted by Gasteiger charge is -2.34. The number of nitriles is 1. The molecule has 0 saturated carbocycles. The molecule has 2 unspecified atom stereocenters. The molecule has 2 heterocycles. The molecular formula is C17H19N5O4S. The predicted octanol–water partition coefficient (Wildman–Crippen LogP) is 0.823. The van der Waals surface area contributed by atoms with Crippen LogP contribution >= 0.6 is 0 Å². The summed E-state index contributed by atoms with van der Waals surface area (Å²) in [5.74, 6) is -0.609. The number of aromatic nitrogens is 2. The zero-order valence-electron chi connectivity index (χ0n) is 14.9. The predicted molar refractivity (Wildman–Crippen MR) is 96.3 cm³/mol. The monoisotopic (exact) mass is 389 g/mol. The normalized spacial score (nSPS) is 20.9. The number of carbonyl (C=O) groups excluding carboxylic acids is 1. The molecule has 1 saturated heterocycles. The van der Waals surface area contributed by atoms with Crippen LogP contribution in [0.4, 0.5) is 5.82 Å². The summed E-state index contributed by atoms with van der Waals surface area (Å²) in [5, 5.41) is 12.7. The van der Waals surface area contributed by atoms with Crippen LogP contribution in [0, 0.1) is 11.3 Å². The largest absolute Gasteiger partial charge is 0.382 e. The van der Waals surface area contributed by atoms with Crippen LogP contribution in [0.25, 0.3) is 0 Å². The molecule has 27 heavy (non-hydrogen) atoms. The van der Waals surface area contributed by atoms with E-state index < -0.39 is 15.9 Å². The molecule has 1 aromatic carbocycles. The van der Waals surface area contributed by atoms with Crippen molar-refractivity contribution < 1.29 is 17.9 Å². The maximum absolute atomic E-state index is 12.8. The molecule has 1 aliphatic rings. The van der Waals surface area contributed by atoms with Gasteiger partial charge in [0.15, 0.2) is 0 Å². The average molecular weight is 389 g/mol. The van der Waals surface area contributed by atoms with Crippen LogP contribution in [0.2, 0.25) is 0 Å². The summed E-state index contributed by atoms with van der Waals surface area (Å²) in [6, 6.07) is 7.38. The zero-order valence-corrected chi connectivity index (χ0v) is 15.7. The van der Waals surface area contributed by atoms with Gasteiger partial charge in [0.2, 0.25) is 10.0 Å². The first-order valence-corrected chi connectivity index (χ1v) is 9.72. The molecule has 1 aromatic heterocycles. The number of hydrogen-bond donors (Lipinski definition) is 1. The van der Waals surface area contributed by atoms with Crippen molar-refractivity contribution >= 4 is 21.7 Å².